The van der Waals surface area contributed by atoms with Crippen molar-refractivity contribution in [3.05, 3.63) is 29.8 Å². The summed E-state index contributed by atoms with van der Waals surface area (Å²) < 4.78 is 4.97. The third kappa shape index (κ3) is 4.76. The van der Waals surface area contributed by atoms with Gasteiger partial charge in [-0.05, 0) is 30.0 Å². The molecule has 0 saturated carbocycles. The van der Waals surface area contributed by atoms with Crippen LogP contribution in [0.1, 0.15) is 25.3 Å². The topological polar surface area (TPSA) is 26.3 Å². The molecule has 92 valence electrons. The summed E-state index contributed by atoms with van der Waals surface area (Å²) in [4.78, 5) is 10.8. The van der Waals surface area contributed by atoms with Crippen LogP contribution in [0.3, 0.4) is 0 Å². The second-order valence-electron chi connectivity index (χ2n) is 4.12. The molecule has 0 amide bonds. The maximum atomic E-state index is 10.8. The number of ether oxygens (including phenoxy) is 1. The lowest BCUT2D eigenvalue weighted by molar-refractivity contribution is -0.131. The minimum absolute atomic E-state index is 0.305. The zero-order chi connectivity index (χ0) is 13.4. The van der Waals surface area contributed by atoms with Crippen molar-refractivity contribution in [2.45, 2.75) is 26.2 Å². The Hall–Kier alpha value is -2.19. The van der Waals surface area contributed by atoms with Gasteiger partial charge in [0.15, 0.2) is 0 Å². The van der Waals surface area contributed by atoms with Crippen LogP contribution in [0.15, 0.2) is 24.3 Å². The van der Waals surface area contributed by atoms with Crippen molar-refractivity contribution in [2.24, 2.45) is 5.92 Å². The van der Waals surface area contributed by atoms with E-state index in [4.69, 9.17) is 17.6 Å². The van der Waals surface area contributed by atoms with Gasteiger partial charge in [0, 0.05) is 19.8 Å². The molecule has 2 heteroatoms. The van der Waals surface area contributed by atoms with Gasteiger partial charge in [-0.25, -0.2) is 0 Å². The number of benzene rings is 1. The van der Waals surface area contributed by atoms with E-state index in [9.17, 15) is 4.79 Å². The van der Waals surface area contributed by atoms with Crippen molar-refractivity contribution in [3.8, 4) is 30.4 Å². The highest BCUT2D eigenvalue weighted by atomic mass is 16.5. The molecule has 0 unspecified atom stereocenters. The first kappa shape index (κ1) is 13.9. The molecule has 0 aliphatic heterocycles. The average Bonchev–Trinajstić information content (AvgIpc) is 2.31. The van der Waals surface area contributed by atoms with Crippen LogP contribution in [0.25, 0.3) is 0 Å². The van der Waals surface area contributed by atoms with E-state index in [0.29, 0.717) is 24.5 Å². The second kappa shape index (κ2) is 7.20. The Labute approximate surface area is 108 Å². The van der Waals surface area contributed by atoms with Gasteiger partial charge in [-0.15, -0.1) is 24.7 Å². The first-order chi connectivity index (χ1) is 8.65. The molecule has 0 N–H and O–H groups in total. The minimum atomic E-state index is -0.319. The van der Waals surface area contributed by atoms with Crippen LogP contribution >= 0.6 is 0 Å². The quantitative estimate of drug-likeness (QED) is 0.449. The van der Waals surface area contributed by atoms with E-state index in [-0.39, 0.29) is 5.97 Å². The van der Waals surface area contributed by atoms with Crippen LogP contribution in [0.5, 0.6) is 5.75 Å². The minimum Gasteiger partial charge on any atom is -0.427 e. The van der Waals surface area contributed by atoms with Gasteiger partial charge >= 0.3 is 5.97 Å². The molecule has 0 aliphatic carbocycles. The number of esters is 1. The number of hydrogen-bond donors (Lipinski definition) is 0. The number of terminal acetylenes is 2. The van der Waals surface area contributed by atoms with Crippen LogP contribution < -0.4 is 4.74 Å². The predicted molar refractivity (Wildman–Crippen MR) is 71.8 cm³/mol. The van der Waals surface area contributed by atoms with Crippen molar-refractivity contribution in [1.29, 1.82) is 0 Å². The van der Waals surface area contributed by atoms with Gasteiger partial charge in [0.1, 0.15) is 5.75 Å². The van der Waals surface area contributed by atoms with Crippen LogP contribution in [-0.2, 0) is 11.2 Å². The maximum Gasteiger partial charge on any atom is 0.308 e. The highest BCUT2D eigenvalue weighted by Crippen LogP contribution is 2.18. The summed E-state index contributed by atoms with van der Waals surface area (Å²) in [7, 11) is 0. The maximum absolute atomic E-state index is 10.8. The first-order valence-electron chi connectivity index (χ1n) is 5.80. The lowest BCUT2D eigenvalue weighted by atomic mass is 9.94. The molecular formula is C16H16O2. The summed E-state index contributed by atoms with van der Waals surface area (Å²) in [5.74, 6) is 5.83. The average molecular weight is 240 g/mol. The zero-order valence-electron chi connectivity index (χ0n) is 10.5. The Kier molecular flexibility index (Phi) is 5.55. The molecule has 0 bridgehead atoms. The molecule has 0 radical (unpaired) electrons. The summed E-state index contributed by atoms with van der Waals surface area (Å²) in [6.07, 6.45) is 12.8. The molecule has 0 atom stereocenters. The monoisotopic (exact) mass is 240 g/mol. The summed E-state index contributed by atoms with van der Waals surface area (Å²) in [5, 5.41) is 0. The van der Waals surface area contributed by atoms with E-state index in [1.165, 1.54) is 6.92 Å². The molecule has 0 spiro atoms. The fourth-order valence-corrected chi connectivity index (χ4v) is 1.74. The van der Waals surface area contributed by atoms with E-state index >= 15 is 0 Å². The van der Waals surface area contributed by atoms with Gasteiger partial charge in [-0.1, -0.05) is 12.1 Å². The second-order valence-corrected chi connectivity index (χ2v) is 4.12. The Balaban J connectivity index is 2.65. The van der Waals surface area contributed by atoms with E-state index in [0.717, 1.165) is 12.0 Å². The summed E-state index contributed by atoms with van der Waals surface area (Å²) in [6.45, 7) is 1.38. The molecule has 2 nitrogen and oxygen atoms in total. The molecule has 0 heterocycles. The van der Waals surface area contributed by atoms with Gasteiger partial charge in [-0.3, -0.25) is 4.79 Å². The Morgan fingerprint density at radius 1 is 1.22 bits per heavy atom. The molecule has 1 rings (SSSR count). The number of rotatable bonds is 5. The smallest absolute Gasteiger partial charge is 0.308 e. The van der Waals surface area contributed by atoms with Crippen LogP contribution in [0.4, 0.5) is 0 Å². The predicted octanol–water partition coefficient (Wildman–Crippen LogP) is 2.82. The Morgan fingerprint density at radius 2 is 1.78 bits per heavy atom. The van der Waals surface area contributed by atoms with Gasteiger partial charge in [-0.2, -0.15) is 0 Å². The number of carbonyl (C=O) groups excluding carboxylic acids is 1. The third-order valence-corrected chi connectivity index (χ3v) is 2.52. The molecule has 1 aromatic carbocycles. The SMILES string of the molecule is C#CCC(CC#C)Cc1ccc(OC(C)=O)cc1. The van der Waals surface area contributed by atoms with Crippen molar-refractivity contribution in [3.63, 3.8) is 0 Å². The van der Waals surface area contributed by atoms with Gasteiger partial charge in [0.2, 0.25) is 0 Å². The van der Waals surface area contributed by atoms with Gasteiger partial charge in [0.05, 0.1) is 0 Å². The fraction of sp³-hybridized carbons (Fsp3) is 0.312. The zero-order valence-corrected chi connectivity index (χ0v) is 10.5. The lowest BCUT2D eigenvalue weighted by Gasteiger charge is -2.11. The van der Waals surface area contributed by atoms with Crippen molar-refractivity contribution in [2.75, 3.05) is 0 Å². The molecule has 1 aromatic rings. The van der Waals surface area contributed by atoms with Gasteiger partial charge < -0.3 is 4.74 Å². The Morgan fingerprint density at radius 3 is 2.22 bits per heavy atom. The number of carbonyl (C=O) groups is 1. The van der Waals surface area contributed by atoms with E-state index < -0.39 is 0 Å². The molecule has 0 aromatic heterocycles. The number of hydrogen-bond acceptors (Lipinski definition) is 2. The third-order valence-electron chi connectivity index (χ3n) is 2.52. The lowest BCUT2D eigenvalue weighted by Crippen LogP contribution is -2.04. The van der Waals surface area contributed by atoms with Crippen molar-refractivity contribution in [1.82, 2.24) is 0 Å². The molecule has 0 fully saturated rings. The largest absolute Gasteiger partial charge is 0.427 e. The molecular weight excluding hydrogens is 224 g/mol. The van der Waals surface area contributed by atoms with Crippen LogP contribution in [0.2, 0.25) is 0 Å². The molecule has 0 aliphatic rings. The highest BCUT2D eigenvalue weighted by molar-refractivity contribution is 5.69. The highest BCUT2D eigenvalue weighted by Gasteiger charge is 2.07. The molecule has 0 saturated heterocycles. The normalized spacial score (nSPS) is 9.56. The summed E-state index contributed by atoms with van der Waals surface area (Å²) >= 11 is 0. The first-order valence-corrected chi connectivity index (χ1v) is 5.80. The van der Waals surface area contributed by atoms with Crippen molar-refractivity contribution >= 4 is 5.97 Å². The van der Waals surface area contributed by atoms with E-state index in [1.807, 2.05) is 12.1 Å². The fourth-order valence-electron chi connectivity index (χ4n) is 1.74. The van der Waals surface area contributed by atoms with E-state index in [2.05, 4.69) is 11.8 Å². The standard InChI is InChI=1S/C16H16O2/c1-4-6-14(7-5-2)12-15-8-10-16(11-9-15)18-13(3)17/h1-2,8-11,14H,6-7,12H2,3H3. The Bertz CT molecular complexity index is 455. The van der Waals surface area contributed by atoms with Crippen LogP contribution in [-0.4, -0.2) is 5.97 Å². The van der Waals surface area contributed by atoms with E-state index in [1.54, 1.807) is 12.1 Å². The molecule has 18 heavy (non-hydrogen) atoms. The van der Waals surface area contributed by atoms with Crippen molar-refractivity contribution < 1.29 is 9.53 Å². The van der Waals surface area contributed by atoms with Crippen LogP contribution in [0, 0.1) is 30.6 Å². The summed E-state index contributed by atoms with van der Waals surface area (Å²) in [6, 6.07) is 7.41. The summed E-state index contributed by atoms with van der Waals surface area (Å²) in [5.41, 5.74) is 1.14. The van der Waals surface area contributed by atoms with Gasteiger partial charge in [0.25, 0.3) is 0 Å².